The summed E-state index contributed by atoms with van der Waals surface area (Å²) in [5.74, 6) is -1.06. The van der Waals surface area contributed by atoms with Crippen LogP contribution in [0.3, 0.4) is 0 Å². The number of morpholine rings is 1. The molecule has 6 nitrogen and oxygen atoms in total. The van der Waals surface area contributed by atoms with Crippen molar-refractivity contribution >= 4 is 40.3 Å². The molecule has 0 saturated carbocycles. The highest BCUT2D eigenvalue weighted by molar-refractivity contribution is 14.1. The number of hydrogen-bond acceptors (Lipinski definition) is 3. The fraction of sp³-hybridized carbons (Fsp3) is 0.333. The maximum absolute atomic E-state index is 12.1. The summed E-state index contributed by atoms with van der Waals surface area (Å²) in [6.45, 7) is 0.645. The van der Waals surface area contributed by atoms with Gasteiger partial charge >= 0.3 is 12.0 Å². The van der Waals surface area contributed by atoms with E-state index in [1.165, 1.54) is 4.90 Å². The van der Waals surface area contributed by atoms with Gasteiger partial charge in [0.25, 0.3) is 0 Å². The monoisotopic (exact) mass is 376 g/mol. The Balaban J connectivity index is 2.05. The van der Waals surface area contributed by atoms with Gasteiger partial charge in [-0.2, -0.15) is 0 Å². The number of nitrogens with zero attached hydrogens (tertiary/aromatic N) is 1. The molecule has 0 bridgehead atoms. The standard InChI is InChI=1S/C12H13IN2O4/c13-8-1-3-9(4-2-8)14-12(18)15-5-6-19-7-10(15)11(16)17/h1-4,10H,5-7H2,(H,14,18)(H,16,17). The van der Waals surface area contributed by atoms with Crippen molar-refractivity contribution in [2.75, 3.05) is 25.1 Å². The number of aliphatic carboxylic acids is 1. The molecule has 1 atom stereocenters. The van der Waals surface area contributed by atoms with Crippen molar-refractivity contribution < 1.29 is 19.4 Å². The zero-order chi connectivity index (χ0) is 13.8. The highest BCUT2D eigenvalue weighted by Crippen LogP contribution is 2.14. The van der Waals surface area contributed by atoms with Crippen molar-refractivity contribution in [1.82, 2.24) is 4.90 Å². The van der Waals surface area contributed by atoms with E-state index in [0.29, 0.717) is 12.3 Å². The van der Waals surface area contributed by atoms with E-state index in [-0.39, 0.29) is 13.2 Å². The van der Waals surface area contributed by atoms with Gasteiger partial charge in [-0.15, -0.1) is 0 Å². The lowest BCUT2D eigenvalue weighted by Crippen LogP contribution is -2.53. The van der Waals surface area contributed by atoms with Crippen LogP contribution in [-0.2, 0) is 9.53 Å². The van der Waals surface area contributed by atoms with Crippen LogP contribution in [0, 0.1) is 3.57 Å². The summed E-state index contributed by atoms with van der Waals surface area (Å²) < 4.78 is 6.15. The molecular weight excluding hydrogens is 363 g/mol. The second-order valence-corrected chi connectivity index (χ2v) is 5.31. The number of urea groups is 1. The van der Waals surface area contributed by atoms with Crippen molar-refractivity contribution in [3.05, 3.63) is 27.8 Å². The summed E-state index contributed by atoms with van der Waals surface area (Å²) in [4.78, 5) is 24.4. The normalized spacial score (nSPS) is 19.0. The molecule has 1 saturated heterocycles. The van der Waals surface area contributed by atoms with Crippen molar-refractivity contribution in [2.45, 2.75) is 6.04 Å². The second-order valence-electron chi connectivity index (χ2n) is 4.06. The number of halogens is 1. The fourth-order valence-corrected chi connectivity index (χ4v) is 2.14. The average molecular weight is 376 g/mol. The first-order valence-electron chi connectivity index (χ1n) is 5.71. The lowest BCUT2D eigenvalue weighted by Gasteiger charge is -2.32. The van der Waals surface area contributed by atoms with Crippen LogP contribution in [0.5, 0.6) is 0 Å². The van der Waals surface area contributed by atoms with Crippen LogP contribution in [0.4, 0.5) is 10.5 Å². The number of ether oxygens (including phenoxy) is 1. The molecule has 2 amide bonds. The number of carboxylic acid groups (broad SMARTS) is 1. The van der Waals surface area contributed by atoms with Crippen LogP contribution >= 0.6 is 22.6 Å². The van der Waals surface area contributed by atoms with Gasteiger partial charge in [0.15, 0.2) is 6.04 Å². The molecule has 2 rings (SSSR count). The van der Waals surface area contributed by atoms with Gasteiger partial charge in [0.1, 0.15) is 0 Å². The molecule has 2 N–H and O–H groups in total. The molecule has 0 spiro atoms. The Morgan fingerprint density at radius 2 is 2.05 bits per heavy atom. The highest BCUT2D eigenvalue weighted by atomic mass is 127. The number of carboxylic acids is 1. The molecule has 1 aromatic carbocycles. The van der Waals surface area contributed by atoms with Crippen LogP contribution in [0.1, 0.15) is 0 Å². The van der Waals surface area contributed by atoms with E-state index in [2.05, 4.69) is 27.9 Å². The molecule has 1 unspecified atom stereocenters. The molecule has 7 heteroatoms. The van der Waals surface area contributed by atoms with E-state index in [1.54, 1.807) is 12.1 Å². The molecule has 1 aliphatic rings. The highest BCUT2D eigenvalue weighted by Gasteiger charge is 2.32. The van der Waals surface area contributed by atoms with Crippen molar-refractivity contribution in [2.24, 2.45) is 0 Å². The number of benzene rings is 1. The Morgan fingerprint density at radius 1 is 1.37 bits per heavy atom. The van der Waals surface area contributed by atoms with Gasteiger partial charge in [0, 0.05) is 15.8 Å². The largest absolute Gasteiger partial charge is 0.480 e. The maximum atomic E-state index is 12.1. The van der Waals surface area contributed by atoms with Crippen molar-refractivity contribution in [1.29, 1.82) is 0 Å². The quantitative estimate of drug-likeness (QED) is 0.769. The lowest BCUT2D eigenvalue weighted by molar-refractivity contribution is -0.147. The van der Waals surface area contributed by atoms with Crippen LogP contribution in [0.15, 0.2) is 24.3 Å². The number of carbonyl (C=O) groups excluding carboxylic acids is 1. The minimum absolute atomic E-state index is 0.0233. The Morgan fingerprint density at radius 3 is 2.68 bits per heavy atom. The summed E-state index contributed by atoms with van der Waals surface area (Å²) in [5, 5.41) is 11.7. The third kappa shape index (κ3) is 3.57. The number of rotatable bonds is 2. The first-order chi connectivity index (χ1) is 9.08. The molecule has 0 aliphatic carbocycles. The molecule has 102 valence electrons. The minimum atomic E-state index is -1.06. The topological polar surface area (TPSA) is 78.9 Å². The molecular formula is C12H13IN2O4. The lowest BCUT2D eigenvalue weighted by atomic mass is 10.2. The van der Waals surface area contributed by atoms with Gasteiger partial charge in [-0.3, -0.25) is 0 Å². The van der Waals surface area contributed by atoms with Gasteiger partial charge in [-0.05, 0) is 46.9 Å². The molecule has 1 aliphatic heterocycles. The van der Waals surface area contributed by atoms with Gasteiger partial charge in [-0.25, -0.2) is 9.59 Å². The van der Waals surface area contributed by atoms with Gasteiger partial charge in [-0.1, -0.05) is 0 Å². The second kappa shape index (κ2) is 6.20. The number of amides is 2. The van der Waals surface area contributed by atoms with Gasteiger partial charge < -0.3 is 20.1 Å². The SMILES string of the molecule is O=C(O)C1COCCN1C(=O)Nc1ccc(I)cc1. The molecule has 1 heterocycles. The first kappa shape index (κ1) is 14.1. The minimum Gasteiger partial charge on any atom is -0.480 e. The van der Waals surface area contributed by atoms with E-state index in [9.17, 15) is 9.59 Å². The van der Waals surface area contributed by atoms with Gasteiger partial charge in [0.2, 0.25) is 0 Å². The van der Waals surface area contributed by atoms with E-state index < -0.39 is 18.0 Å². The van der Waals surface area contributed by atoms with Crippen molar-refractivity contribution in [3.63, 3.8) is 0 Å². The van der Waals surface area contributed by atoms with E-state index >= 15 is 0 Å². The Labute approximate surface area is 123 Å². The third-order valence-electron chi connectivity index (χ3n) is 2.77. The van der Waals surface area contributed by atoms with Crippen LogP contribution in [0.2, 0.25) is 0 Å². The zero-order valence-corrected chi connectivity index (χ0v) is 12.2. The predicted molar refractivity (Wildman–Crippen MR) is 77.1 cm³/mol. The molecule has 0 radical (unpaired) electrons. The molecule has 1 fully saturated rings. The summed E-state index contributed by atoms with van der Waals surface area (Å²) >= 11 is 2.17. The molecule has 1 aromatic rings. The van der Waals surface area contributed by atoms with E-state index in [1.807, 2.05) is 12.1 Å². The summed E-state index contributed by atoms with van der Waals surface area (Å²) in [6, 6.07) is 5.93. The number of hydrogen-bond donors (Lipinski definition) is 2. The Hall–Kier alpha value is -1.35. The predicted octanol–water partition coefficient (Wildman–Crippen LogP) is 1.61. The Bertz CT molecular complexity index is 477. The van der Waals surface area contributed by atoms with E-state index in [4.69, 9.17) is 9.84 Å². The van der Waals surface area contributed by atoms with Crippen LogP contribution in [-0.4, -0.2) is 47.8 Å². The van der Waals surface area contributed by atoms with Crippen molar-refractivity contribution in [3.8, 4) is 0 Å². The summed E-state index contributed by atoms with van der Waals surface area (Å²) in [7, 11) is 0. The number of carbonyl (C=O) groups is 2. The summed E-state index contributed by atoms with van der Waals surface area (Å²) in [6.07, 6.45) is 0. The fourth-order valence-electron chi connectivity index (χ4n) is 1.78. The smallest absolute Gasteiger partial charge is 0.328 e. The molecule has 0 aromatic heterocycles. The van der Waals surface area contributed by atoms with E-state index in [0.717, 1.165) is 3.57 Å². The first-order valence-corrected chi connectivity index (χ1v) is 6.79. The van der Waals surface area contributed by atoms with Crippen LogP contribution in [0.25, 0.3) is 0 Å². The number of nitrogens with one attached hydrogen (secondary N) is 1. The zero-order valence-electron chi connectivity index (χ0n) is 10.0. The Kier molecular flexibility index (Phi) is 4.59. The summed E-state index contributed by atoms with van der Waals surface area (Å²) in [5.41, 5.74) is 0.640. The average Bonchev–Trinajstić information content (AvgIpc) is 2.41. The third-order valence-corrected chi connectivity index (χ3v) is 3.49. The molecule has 19 heavy (non-hydrogen) atoms. The van der Waals surface area contributed by atoms with Crippen LogP contribution < -0.4 is 5.32 Å². The number of anilines is 1. The maximum Gasteiger partial charge on any atom is 0.328 e. The van der Waals surface area contributed by atoms with Gasteiger partial charge in [0.05, 0.1) is 13.2 Å².